The van der Waals surface area contributed by atoms with Crippen LogP contribution in [0.4, 0.5) is 0 Å². The number of likely N-dealkylation sites (N-methyl/N-ethyl adjacent to an activating group) is 1. The molecule has 2 aromatic carbocycles. The summed E-state index contributed by atoms with van der Waals surface area (Å²) in [5, 5.41) is 3.15. The molecule has 0 saturated carbocycles. The highest BCUT2D eigenvalue weighted by Crippen LogP contribution is 2.27. The number of amides is 1. The molecule has 1 amide bonds. The van der Waals surface area contributed by atoms with Gasteiger partial charge in [0.15, 0.2) is 18.1 Å². The van der Waals surface area contributed by atoms with E-state index in [9.17, 15) is 4.79 Å². The molecule has 1 atom stereocenters. The SMILES string of the molecule is CNCC1CCCN1C(=O)COc1ccccc1OCc1ccccc1.Cl. The maximum atomic E-state index is 12.5. The average Bonchev–Trinajstić information content (AvgIpc) is 3.14. The van der Waals surface area contributed by atoms with E-state index in [1.807, 2.05) is 66.5 Å². The Labute approximate surface area is 167 Å². The Balaban J connectivity index is 0.00000261. The van der Waals surface area contributed by atoms with E-state index in [2.05, 4.69) is 5.32 Å². The third-order valence-corrected chi connectivity index (χ3v) is 4.57. The fourth-order valence-corrected chi connectivity index (χ4v) is 3.26. The molecule has 27 heavy (non-hydrogen) atoms. The van der Waals surface area contributed by atoms with Crippen LogP contribution in [0.2, 0.25) is 0 Å². The van der Waals surface area contributed by atoms with Crippen molar-refractivity contribution in [2.24, 2.45) is 0 Å². The molecular formula is C21H27ClN2O3. The summed E-state index contributed by atoms with van der Waals surface area (Å²) < 4.78 is 11.7. The van der Waals surface area contributed by atoms with Gasteiger partial charge in [0, 0.05) is 19.1 Å². The molecule has 1 aliphatic heterocycles. The summed E-state index contributed by atoms with van der Waals surface area (Å²) in [5.41, 5.74) is 1.09. The van der Waals surface area contributed by atoms with E-state index in [1.54, 1.807) is 0 Å². The molecule has 0 radical (unpaired) electrons. The zero-order valence-corrected chi connectivity index (χ0v) is 16.4. The van der Waals surface area contributed by atoms with Crippen molar-refractivity contribution in [1.29, 1.82) is 0 Å². The lowest BCUT2D eigenvalue weighted by Gasteiger charge is -2.24. The van der Waals surface area contributed by atoms with Gasteiger partial charge in [0.2, 0.25) is 0 Å². The first-order chi connectivity index (χ1) is 12.8. The Hall–Kier alpha value is -2.24. The van der Waals surface area contributed by atoms with Gasteiger partial charge >= 0.3 is 0 Å². The predicted octanol–water partition coefficient (Wildman–Crippen LogP) is 3.28. The van der Waals surface area contributed by atoms with Crippen molar-refractivity contribution in [2.75, 3.05) is 26.7 Å². The minimum atomic E-state index is 0. The third-order valence-electron chi connectivity index (χ3n) is 4.57. The molecule has 5 nitrogen and oxygen atoms in total. The van der Waals surface area contributed by atoms with Gasteiger partial charge in [-0.15, -0.1) is 12.4 Å². The Morgan fingerprint density at radius 1 is 1.07 bits per heavy atom. The summed E-state index contributed by atoms with van der Waals surface area (Å²) in [6.45, 7) is 2.13. The standard InChI is InChI=1S/C21H26N2O3.ClH/c1-22-14-18-10-7-13-23(18)21(24)16-26-20-12-6-5-11-19(20)25-15-17-8-3-2-4-9-17;/h2-6,8-9,11-12,18,22H,7,10,13-16H2,1H3;1H. The van der Waals surface area contributed by atoms with E-state index in [0.29, 0.717) is 18.1 Å². The van der Waals surface area contributed by atoms with Gasteiger partial charge in [0.05, 0.1) is 0 Å². The van der Waals surface area contributed by atoms with Gasteiger partial charge < -0.3 is 19.7 Å². The van der Waals surface area contributed by atoms with Crippen LogP contribution in [0.5, 0.6) is 11.5 Å². The Morgan fingerprint density at radius 2 is 1.74 bits per heavy atom. The number of carbonyl (C=O) groups excluding carboxylic acids is 1. The number of rotatable bonds is 8. The molecule has 1 fully saturated rings. The number of benzene rings is 2. The van der Waals surface area contributed by atoms with E-state index in [4.69, 9.17) is 9.47 Å². The van der Waals surface area contributed by atoms with Gasteiger partial charge in [0.1, 0.15) is 6.61 Å². The molecule has 2 aromatic rings. The smallest absolute Gasteiger partial charge is 0.260 e. The van der Waals surface area contributed by atoms with E-state index in [1.165, 1.54) is 0 Å². The summed E-state index contributed by atoms with van der Waals surface area (Å²) >= 11 is 0. The molecule has 1 aliphatic rings. The molecule has 0 bridgehead atoms. The van der Waals surface area contributed by atoms with Crippen molar-refractivity contribution >= 4 is 18.3 Å². The second-order valence-electron chi connectivity index (χ2n) is 6.45. The lowest BCUT2D eigenvalue weighted by atomic mass is 10.2. The predicted molar refractivity (Wildman–Crippen MR) is 109 cm³/mol. The van der Waals surface area contributed by atoms with Gasteiger partial charge in [-0.2, -0.15) is 0 Å². The van der Waals surface area contributed by atoms with Crippen molar-refractivity contribution < 1.29 is 14.3 Å². The van der Waals surface area contributed by atoms with E-state index in [0.717, 1.165) is 31.5 Å². The molecule has 0 aliphatic carbocycles. The Kier molecular flexibility index (Phi) is 8.43. The highest BCUT2D eigenvalue weighted by Gasteiger charge is 2.28. The van der Waals surface area contributed by atoms with Crippen molar-refractivity contribution in [3.63, 3.8) is 0 Å². The number of nitrogens with one attached hydrogen (secondary N) is 1. The van der Waals surface area contributed by atoms with Crippen LogP contribution >= 0.6 is 12.4 Å². The van der Waals surface area contributed by atoms with Gasteiger partial charge in [-0.1, -0.05) is 42.5 Å². The van der Waals surface area contributed by atoms with Crippen LogP contribution in [-0.4, -0.2) is 43.6 Å². The minimum Gasteiger partial charge on any atom is -0.485 e. The molecular weight excluding hydrogens is 364 g/mol. The number of likely N-dealkylation sites (tertiary alicyclic amines) is 1. The molecule has 0 aromatic heterocycles. The molecule has 3 rings (SSSR count). The van der Waals surface area contributed by atoms with Crippen molar-refractivity contribution in [3.8, 4) is 11.5 Å². The highest BCUT2D eigenvalue weighted by molar-refractivity contribution is 5.85. The number of hydrogen-bond acceptors (Lipinski definition) is 4. The number of ether oxygens (including phenoxy) is 2. The lowest BCUT2D eigenvalue weighted by Crippen LogP contribution is -2.43. The third kappa shape index (κ3) is 5.88. The lowest BCUT2D eigenvalue weighted by molar-refractivity contribution is -0.134. The summed E-state index contributed by atoms with van der Waals surface area (Å²) in [6.07, 6.45) is 2.10. The second kappa shape index (κ2) is 10.8. The molecule has 1 heterocycles. The number of nitrogens with zero attached hydrogens (tertiary/aromatic N) is 1. The molecule has 0 spiro atoms. The summed E-state index contributed by atoms with van der Waals surface area (Å²) in [5.74, 6) is 1.28. The van der Waals surface area contributed by atoms with Crippen LogP contribution in [0.1, 0.15) is 18.4 Å². The van der Waals surface area contributed by atoms with Gasteiger partial charge in [-0.3, -0.25) is 4.79 Å². The van der Waals surface area contributed by atoms with Crippen molar-refractivity contribution in [3.05, 3.63) is 60.2 Å². The molecule has 6 heteroatoms. The van der Waals surface area contributed by atoms with Crippen LogP contribution in [0.25, 0.3) is 0 Å². The first-order valence-corrected chi connectivity index (χ1v) is 9.10. The average molecular weight is 391 g/mol. The van der Waals surface area contributed by atoms with Crippen LogP contribution in [0, 0.1) is 0 Å². The molecule has 1 saturated heterocycles. The largest absolute Gasteiger partial charge is 0.485 e. The van der Waals surface area contributed by atoms with Gasteiger partial charge in [-0.05, 0) is 37.6 Å². The van der Waals surface area contributed by atoms with E-state index >= 15 is 0 Å². The normalized spacial score (nSPS) is 15.9. The number of carbonyl (C=O) groups is 1. The zero-order chi connectivity index (χ0) is 18.2. The van der Waals surface area contributed by atoms with E-state index in [-0.39, 0.29) is 31.0 Å². The summed E-state index contributed by atoms with van der Waals surface area (Å²) in [7, 11) is 1.91. The molecule has 146 valence electrons. The number of hydrogen-bond donors (Lipinski definition) is 1. The van der Waals surface area contributed by atoms with Crippen LogP contribution in [-0.2, 0) is 11.4 Å². The minimum absolute atomic E-state index is 0. The number of halogens is 1. The second-order valence-corrected chi connectivity index (χ2v) is 6.45. The first-order valence-electron chi connectivity index (χ1n) is 9.10. The fraction of sp³-hybridized carbons (Fsp3) is 0.381. The monoisotopic (exact) mass is 390 g/mol. The fourth-order valence-electron chi connectivity index (χ4n) is 3.26. The van der Waals surface area contributed by atoms with Crippen LogP contribution < -0.4 is 14.8 Å². The van der Waals surface area contributed by atoms with E-state index < -0.39 is 0 Å². The Morgan fingerprint density at radius 3 is 2.44 bits per heavy atom. The Bertz CT molecular complexity index is 712. The summed E-state index contributed by atoms with van der Waals surface area (Å²) in [4.78, 5) is 14.4. The molecule has 1 unspecified atom stereocenters. The van der Waals surface area contributed by atoms with Crippen molar-refractivity contribution in [1.82, 2.24) is 10.2 Å². The zero-order valence-electron chi connectivity index (χ0n) is 15.6. The topological polar surface area (TPSA) is 50.8 Å². The highest BCUT2D eigenvalue weighted by atomic mass is 35.5. The number of para-hydroxylation sites is 2. The maximum Gasteiger partial charge on any atom is 0.260 e. The van der Waals surface area contributed by atoms with Gasteiger partial charge in [0.25, 0.3) is 5.91 Å². The molecule has 1 N–H and O–H groups in total. The first kappa shape index (κ1) is 21.1. The van der Waals surface area contributed by atoms with Crippen LogP contribution in [0.3, 0.4) is 0 Å². The van der Waals surface area contributed by atoms with Gasteiger partial charge in [-0.25, -0.2) is 0 Å². The van der Waals surface area contributed by atoms with Crippen molar-refractivity contribution in [2.45, 2.75) is 25.5 Å². The quantitative estimate of drug-likeness (QED) is 0.751. The van der Waals surface area contributed by atoms with Crippen LogP contribution in [0.15, 0.2) is 54.6 Å². The summed E-state index contributed by atoms with van der Waals surface area (Å²) in [6, 6.07) is 17.7. The maximum absolute atomic E-state index is 12.5.